The van der Waals surface area contributed by atoms with E-state index in [1.165, 1.54) is 0 Å². The first-order chi connectivity index (χ1) is 9.03. The average Bonchev–Trinajstić information content (AvgIpc) is 2.44. The number of aliphatic hydroxyl groups excluding tert-OH is 1. The Labute approximate surface area is 112 Å². The van der Waals surface area contributed by atoms with E-state index in [2.05, 4.69) is 5.32 Å². The number of para-hydroxylation sites is 1. The van der Waals surface area contributed by atoms with Gasteiger partial charge in [0.25, 0.3) is 5.91 Å². The molecule has 1 aliphatic heterocycles. The first kappa shape index (κ1) is 13.7. The summed E-state index contributed by atoms with van der Waals surface area (Å²) in [5.74, 6) is 0.872. The molecule has 0 saturated heterocycles. The fourth-order valence-electron chi connectivity index (χ4n) is 1.72. The molecule has 0 aromatic heterocycles. The first-order valence-corrected chi connectivity index (χ1v) is 6.31. The van der Waals surface area contributed by atoms with Crippen molar-refractivity contribution < 1.29 is 19.4 Å². The molecule has 1 aliphatic rings. The highest BCUT2D eigenvalue weighted by Gasteiger charge is 2.22. The molecule has 5 heteroatoms. The largest absolute Gasteiger partial charge is 0.486 e. The minimum Gasteiger partial charge on any atom is -0.486 e. The standard InChI is InChI=1S/C14H19NO4/c1-14(2,9-16)8-15-13(17)10-4-3-5-11-12(10)19-7-6-18-11/h3-5,16H,6-9H2,1-2H3,(H,15,17). The number of rotatable bonds is 4. The second kappa shape index (κ2) is 5.48. The molecule has 0 fully saturated rings. The van der Waals surface area contributed by atoms with E-state index in [0.29, 0.717) is 36.8 Å². The third-order valence-corrected chi connectivity index (χ3v) is 2.97. The molecule has 0 radical (unpaired) electrons. The summed E-state index contributed by atoms with van der Waals surface area (Å²) in [6, 6.07) is 5.25. The summed E-state index contributed by atoms with van der Waals surface area (Å²) >= 11 is 0. The third-order valence-electron chi connectivity index (χ3n) is 2.97. The van der Waals surface area contributed by atoms with Crippen LogP contribution in [0.1, 0.15) is 24.2 Å². The number of carbonyl (C=O) groups excluding carboxylic acids is 1. The zero-order valence-electron chi connectivity index (χ0n) is 11.2. The molecular formula is C14H19NO4. The number of benzene rings is 1. The van der Waals surface area contributed by atoms with Crippen molar-refractivity contribution in [3.05, 3.63) is 23.8 Å². The van der Waals surface area contributed by atoms with Crippen LogP contribution in [0.4, 0.5) is 0 Å². The van der Waals surface area contributed by atoms with Crippen molar-refractivity contribution in [3.8, 4) is 11.5 Å². The van der Waals surface area contributed by atoms with E-state index in [1.807, 2.05) is 13.8 Å². The Morgan fingerprint density at radius 1 is 1.37 bits per heavy atom. The number of hydrogen-bond donors (Lipinski definition) is 2. The van der Waals surface area contributed by atoms with Gasteiger partial charge < -0.3 is 19.9 Å². The van der Waals surface area contributed by atoms with Crippen molar-refractivity contribution in [2.45, 2.75) is 13.8 Å². The summed E-state index contributed by atoms with van der Waals surface area (Å²) in [4.78, 5) is 12.2. The minimum atomic E-state index is -0.345. The van der Waals surface area contributed by atoms with Gasteiger partial charge in [-0.3, -0.25) is 4.79 Å². The third kappa shape index (κ3) is 3.17. The molecule has 19 heavy (non-hydrogen) atoms. The smallest absolute Gasteiger partial charge is 0.255 e. The fraction of sp³-hybridized carbons (Fsp3) is 0.500. The van der Waals surface area contributed by atoms with Gasteiger partial charge in [0.1, 0.15) is 13.2 Å². The van der Waals surface area contributed by atoms with Gasteiger partial charge >= 0.3 is 0 Å². The summed E-state index contributed by atoms with van der Waals surface area (Å²) in [5, 5.41) is 12.0. The van der Waals surface area contributed by atoms with Gasteiger partial charge in [0.05, 0.1) is 5.56 Å². The predicted molar refractivity (Wildman–Crippen MR) is 70.6 cm³/mol. The lowest BCUT2D eigenvalue weighted by molar-refractivity contribution is 0.0900. The predicted octanol–water partition coefficient (Wildman–Crippen LogP) is 1.21. The highest BCUT2D eigenvalue weighted by atomic mass is 16.6. The van der Waals surface area contributed by atoms with Crippen molar-refractivity contribution >= 4 is 5.91 Å². The lowest BCUT2D eigenvalue weighted by Gasteiger charge is -2.23. The van der Waals surface area contributed by atoms with Gasteiger partial charge in [-0.05, 0) is 12.1 Å². The number of nitrogens with one attached hydrogen (secondary N) is 1. The average molecular weight is 265 g/mol. The molecule has 2 rings (SSSR count). The number of amides is 1. The van der Waals surface area contributed by atoms with Gasteiger partial charge in [0.15, 0.2) is 11.5 Å². The summed E-state index contributed by atoms with van der Waals surface area (Å²) in [6.07, 6.45) is 0. The monoisotopic (exact) mass is 265 g/mol. The van der Waals surface area contributed by atoms with Gasteiger partial charge in [-0.1, -0.05) is 19.9 Å². The Morgan fingerprint density at radius 2 is 2.11 bits per heavy atom. The van der Waals surface area contributed by atoms with Gasteiger partial charge in [-0.15, -0.1) is 0 Å². The summed E-state index contributed by atoms with van der Waals surface area (Å²) < 4.78 is 10.9. The quantitative estimate of drug-likeness (QED) is 0.858. The van der Waals surface area contributed by atoms with E-state index in [-0.39, 0.29) is 17.9 Å². The van der Waals surface area contributed by atoms with E-state index >= 15 is 0 Å². The lowest BCUT2D eigenvalue weighted by Crippen LogP contribution is -2.36. The molecule has 2 N–H and O–H groups in total. The number of ether oxygens (including phenoxy) is 2. The van der Waals surface area contributed by atoms with E-state index in [0.717, 1.165) is 0 Å². The first-order valence-electron chi connectivity index (χ1n) is 6.31. The summed E-state index contributed by atoms with van der Waals surface area (Å²) in [5.41, 5.74) is 0.118. The number of carbonyl (C=O) groups is 1. The number of fused-ring (bicyclic) bond motifs is 1. The maximum Gasteiger partial charge on any atom is 0.255 e. The summed E-state index contributed by atoms with van der Waals surface area (Å²) in [7, 11) is 0. The van der Waals surface area contributed by atoms with Crippen LogP contribution >= 0.6 is 0 Å². The van der Waals surface area contributed by atoms with Crippen LogP contribution in [0, 0.1) is 5.41 Å². The van der Waals surface area contributed by atoms with Crippen LogP contribution in [0.2, 0.25) is 0 Å². The molecule has 1 aromatic rings. The molecule has 1 heterocycles. The zero-order chi connectivity index (χ0) is 13.9. The molecule has 0 unspecified atom stereocenters. The highest BCUT2D eigenvalue weighted by Crippen LogP contribution is 2.33. The highest BCUT2D eigenvalue weighted by molar-refractivity contribution is 5.97. The second-order valence-electron chi connectivity index (χ2n) is 5.33. The fourth-order valence-corrected chi connectivity index (χ4v) is 1.72. The Balaban J connectivity index is 2.11. The zero-order valence-corrected chi connectivity index (χ0v) is 11.2. The van der Waals surface area contributed by atoms with E-state index in [1.54, 1.807) is 18.2 Å². The maximum absolute atomic E-state index is 12.2. The van der Waals surface area contributed by atoms with Gasteiger partial charge in [-0.25, -0.2) is 0 Å². The van der Waals surface area contributed by atoms with Crippen LogP contribution in [0.3, 0.4) is 0 Å². The normalized spacial score (nSPS) is 14.1. The van der Waals surface area contributed by atoms with Crippen LogP contribution in [0.5, 0.6) is 11.5 Å². The van der Waals surface area contributed by atoms with Crippen molar-refractivity contribution in [1.82, 2.24) is 5.32 Å². The molecule has 0 saturated carbocycles. The molecule has 104 valence electrons. The molecule has 0 spiro atoms. The summed E-state index contributed by atoms with van der Waals surface area (Å²) in [6.45, 7) is 5.11. The Kier molecular flexibility index (Phi) is 3.95. The van der Waals surface area contributed by atoms with E-state index in [9.17, 15) is 9.90 Å². The second-order valence-corrected chi connectivity index (χ2v) is 5.33. The molecule has 0 atom stereocenters. The van der Waals surface area contributed by atoms with Gasteiger partial charge in [0.2, 0.25) is 0 Å². The van der Waals surface area contributed by atoms with Crippen LogP contribution in [0.25, 0.3) is 0 Å². The van der Waals surface area contributed by atoms with Crippen molar-refractivity contribution in [2.24, 2.45) is 5.41 Å². The molecular weight excluding hydrogens is 246 g/mol. The molecule has 5 nitrogen and oxygen atoms in total. The van der Waals surface area contributed by atoms with Gasteiger partial charge in [0, 0.05) is 18.6 Å². The molecule has 1 amide bonds. The Bertz CT molecular complexity index is 471. The van der Waals surface area contributed by atoms with Crippen molar-refractivity contribution in [1.29, 1.82) is 0 Å². The van der Waals surface area contributed by atoms with Crippen molar-refractivity contribution in [2.75, 3.05) is 26.4 Å². The lowest BCUT2D eigenvalue weighted by atomic mass is 9.95. The van der Waals surface area contributed by atoms with Crippen molar-refractivity contribution in [3.63, 3.8) is 0 Å². The maximum atomic E-state index is 12.2. The van der Waals surface area contributed by atoms with E-state index < -0.39 is 0 Å². The van der Waals surface area contributed by atoms with Crippen LogP contribution in [0.15, 0.2) is 18.2 Å². The van der Waals surface area contributed by atoms with E-state index in [4.69, 9.17) is 9.47 Å². The number of aliphatic hydroxyl groups is 1. The minimum absolute atomic E-state index is 0.0137. The SMILES string of the molecule is CC(C)(CO)CNC(=O)c1cccc2c1OCCO2. The van der Waals surface area contributed by atoms with Gasteiger partial charge in [-0.2, -0.15) is 0 Å². The topological polar surface area (TPSA) is 67.8 Å². The Morgan fingerprint density at radius 3 is 2.84 bits per heavy atom. The molecule has 1 aromatic carbocycles. The van der Waals surface area contributed by atoms with Crippen LogP contribution < -0.4 is 14.8 Å². The van der Waals surface area contributed by atoms with Crippen LogP contribution in [-0.4, -0.2) is 37.4 Å². The number of hydrogen-bond acceptors (Lipinski definition) is 4. The molecule has 0 bridgehead atoms. The molecule has 0 aliphatic carbocycles. The van der Waals surface area contributed by atoms with Crippen LogP contribution in [-0.2, 0) is 0 Å². The Hall–Kier alpha value is -1.75.